The fourth-order valence-corrected chi connectivity index (χ4v) is 2.12. The first-order chi connectivity index (χ1) is 8.74. The Hall–Kier alpha value is -1.55. The Morgan fingerprint density at radius 2 is 2.22 bits per heavy atom. The van der Waals surface area contributed by atoms with Crippen LogP contribution in [0.3, 0.4) is 0 Å². The predicted octanol–water partition coefficient (Wildman–Crippen LogP) is 2.54. The van der Waals surface area contributed by atoms with Crippen molar-refractivity contribution in [3.05, 3.63) is 29.8 Å². The molecule has 4 heteroatoms. The normalized spacial score (nSPS) is 16.3. The van der Waals surface area contributed by atoms with Crippen LogP contribution in [0.5, 0.6) is 0 Å². The molecule has 4 nitrogen and oxygen atoms in total. The van der Waals surface area contributed by atoms with Gasteiger partial charge >= 0.3 is 6.09 Å². The molecule has 0 bridgehead atoms. The summed E-state index contributed by atoms with van der Waals surface area (Å²) < 4.78 is 5.25. The van der Waals surface area contributed by atoms with E-state index in [1.807, 2.05) is 31.2 Å². The van der Waals surface area contributed by atoms with Gasteiger partial charge < -0.3 is 10.1 Å². The maximum atomic E-state index is 11.6. The van der Waals surface area contributed by atoms with Gasteiger partial charge in [0, 0.05) is 5.69 Å². The molecule has 0 aromatic heterocycles. The molecule has 2 N–H and O–H groups in total. The molecule has 0 radical (unpaired) electrons. The molecule has 2 rings (SSSR count). The summed E-state index contributed by atoms with van der Waals surface area (Å²) in [4.78, 5) is 11.6. The van der Waals surface area contributed by atoms with Gasteiger partial charge in [-0.05, 0) is 56.5 Å². The van der Waals surface area contributed by atoms with Crippen molar-refractivity contribution in [3.8, 4) is 0 Å². The maximum Gasteiger partial charge on any atom is 0.411 e. The number of carbonyl (C=O) groups excluding carboxylic acids is 1. The van der Waals surface area contributed by atoms with Crippen LogP contribution in [0.2, 0.25) is 0 Å². The molecular formula is C14H20N2O2. The SMILES string of the molecule is Cc1cccc(NC(=O)OCC2CCNCC2)c1. The molecule has 1 fully saturated rings. The molecule has 1 aliphatic heterocycles. The number of ether oxygens (including phenoxy) is 1. The fraction of sp³-hybridized carbons (Fsp3) is 0.500. The van der Waals surface area contributed by atoms with Crippen LogP contribution in [0.1, 0.15) is 18.4 Å². The highest BCUT2D eigenvalue weighted by atomic mass is 16.5. The van der Waals surface area contributed by atoms with Gasteiger partial charge in [0.15, 0.2) is 0 Å². The summed E-state index contributed by atoms with van der Waals surface area (Å²) in [5.41, 5.74) is 1.90. The number of carbonyl (C=O) groups is 1. The van der Waals surface area contributed by atoms with E-state index < -0.39 is 0 Å². The van der Waals surface area contributed by atoms with Crippen molar-refractivity contribution >= 4 is 11.8 Å². The van der Waals surface area contributed by atoms with Crippen LogP contribution in [-0.2, 0) is 4.74 Å². The zero-order valence-electron chi connectivity index (χ0n) is 10.7. The lowest BCUT2D eigenvalue weighted by Crippen LogP contribution is -2.31. The number of anilines is 1. The van der Waals surface area contributed by atoms with E-state index in [0.29, 0.717) is 12.5 Å². The smallest absolute Gasteiger partial charge is 0.411 e. The quantitative estimate of drug-likeness (QED) is 0.864. The minimum absolute atomic E-state index is 0.362. The van der Waals surface area contributed by atoms with E-state index in [9.17, 15) is 4.79 Å². The second-order valence-corrected chi connectivity index (χ2v) is 4.79. The second-order valence-electron chi connectivity index (χ2n) is 4.79. The van der Waals surface area contributed by atoms with E-state index in [2.05, 4.69) is 10.6 Å². The summed E-state index contributed by atoms with van der Waals surface area (Å²) in [5, 5.41) is 6.04. The van der Waals surface area contributed by atoms with Gasteiger partial charge in [0.2, 0.25) is 0 Å². The van der Waals surface area contributed by atoms with Gasteiger partial charge in [0.05, 0.1) is 6.61 Å². The van der Waals surface area contributed by atoms with Crippen LogP contribution in [0.15, 0.2) is 24.3 Å². The van der Waals surface area contributed by atoms with Crippen molar-refractivity contribution < 1.29 is 9.53 Å². The Balaban J connectivity index is 1.74. The number of hydrogen-bond acceptors (Lipinski definition) is 3. The molecule has 0 spiro atoms. The first-order valence-corrected chi connectivity index (χ1v) is 6.45. The van der Waals surface area contributed by atoms with Gasteiger partial charge in [-0.1, -0.05) is 12.1 Å². The van der Waals surface area contributed by atoms with Gasteiger partial charge in [-0.25, -0.2) is 4.79 Å². The molecule has 0 unspecified atom stereocenters. The third kappa shape index (κ3) is 4.04. The number of nitrogens with one attached hydrogen (secondary N) is 2. The summed E-state index contributed by atoms with van der Waals surface area (Å²) >= 11 is 0. The van der Waals surface area contributed by atoms with E-state index in [1.54, 1.807) is 0 Å². The standard InChI is InChI=1S/C14H20N2O2/c1-11-3-2-4-13(9-11)16-14(17)18-10-12-5-7-15-8-6-12/h2-4,9,12,15H,5-8,10H2,1H3,(H,16,17). The number of hydrogen-bond donors (Lipinski definition) is 2. The highest BCUT2D eigenvalue weighted by Gasteiger charge is 2.15. The Morgan fingerprint density at radius 3 is 2.94 bits per heavy atom. The molecule has 1 aliphatic rings. The van der Waals surface area contributed by atoms with E-state index >= 15 is 0 Å². The average Bonchev–Trinajstić information content (AvgIpc) is 2.38. The number of rotatable bonds is 3. The summed E-state index contributed by atoms with van der Waals surface area (Å²) in [6.45, 7) is 4.55. The van der Waals surface area contributed by atoms with Crippen LogP contribution in [0.4, 0.5) is 10.5 Å². The molecule has 1 aromatic carbocycles. The second kappa shape index (κ2) is 6.40. The highest BCUT2D eigenvalue weighted by Crippen LogP contribution is 2.13. The zero-order valence-corrected chi connectivity index (χ0v) is 10.7. The maximum absolute atomic E-state index is 11.6. The van der Waals surface area contributed by atoms with Crippen molar-refractivity contribution in [2.45, 2.75) is 19.8 Å². The van der Waals surface area contributed by atoms with Crippen LogP contribution in [-0.4, -0.2) is 25.8 Å². The highest BCUT2D eigenvalue weighted by molar-refractivity contribution is 5.84. The zero-order chi connectivity index (χ0) is 12.8. The minimum Gasteiger partial charge on any atom is -0.449 e. The van der Waals surface area contributed by atoms with Crippen molar-refractivity contribution in [1.29, 1.82) is 0 Å². The van der Waals surface area contributed by atoms with Crippen molar-refractivity contribution in [1.82, 2.24) is 5.32 Å². The van der Waals surface area contributed by atoms with Crippen molar-refractivity contribution in [2.75, 3.05) is 25.0 Å². The lowest BCUT2D eigenvalue weighted by Gasteiger charge is -2.22. The van der Waals surface area contributed by atoms with Crippen LogP contribution >= 0.6 is 0 Å². The van der Waals surface area contributed by atoms with E-state index in [-0.39, 0.29) is 6.09 Å². The van der Waals surface area contributed by atoms with E-state index in [4.69, 9.17) is 4.74 Å². The average molecular weight is 248 g/mol. The van der Waals surface area contributed by atoms with Crippen LogP contribution in [0, 0.1) is 12.8 Å². The summed E-state index contributed by atoms with van der Waals surface area (Å²) in [7, 11) is 0. The Kier molecular flexibility index (Phi) is 4.59. The van der Waals surface area contributed by atoms with Crippen LogP contribution < -0.4 is 10.6 Å². The van der Waals surface area contributed by atoms with Gasteiger partial charge in [-0.2, -0.15) is 0 Å². The topological polar surface area (TPSA) is 50.4 Å². The Labute approximate surface area is 108 Å². The molecule has 18 heavy (non-hydrogen) atoms. The van der Waals surface area contributed by atoms with Gasteiger partial charge in [-0.3, -0.25) is 5.32 Å². The number of amides is 1. The summed E-state index contributed by atoms with van der Waals surface area (Å²) in [5.74, 6) is 0.495. The monoisotopic (exact) mass is 248 g/mol. The van der Waals surface area contributed by atoms with E-state index in [1.165, 1.54) is 0 Å². The lowest BCUT2D eigenvalue weighted by molar-refractivity contribution is 0.131. The molecule has 0 aliphatic carbocycles. The minimum atomic E-state index is -0.362. The Morgan fingerprint density at radius 1 is 1.44 bits per heavy atom. The summed E-state index contributed by atoms with van der Waals surface area (Å²) in [6, 6.07) is 7.69. The third-order valence-corrected chi connectivity index (χ3v) is 3.17. The largest absolute Gasteiger partial charge is 0.449 e. The number of aryl methyl sites for hydroxylation is 1. The van der Waals surface area contributed by atoms with Gasteiger partial charge in [0.1, 0.15) is 0 Å². The molecule has 1 amide bonds. The van der Waals surface area contributed by atoms with Crippen molar-refractivity contribution in [2.24, 2.45) is 5.92 Å². The molecule has 0 atom stereocenters. The lowest BCUT2D eigenvalue weighted by atomic mass is 9.99. The van der Waals surface area contributed by atoms with E-state index in [0.717, 1.165) is 37.2 Å². The number of piperidine rings is 1. The molecule has 1 aromatic rings. The third-order valence-electron chi connectivity index (χ3n) is 3.17. The summed E-state index contributed by atoms with van der Waals surface area (Å²) in [6.07, 6.45) is 1.80. The molecule has 1 heterocycles. The first-order valence-electron chi connectivity index (χ1n) is 6.45. The Bertz CT molecular complexity index is 401. The number of benzene rings is 1. The van der Waals surface area contributed by atoms with Crippen molar-refractivity contribution in [3.63, 3.8) is 0 Å². The fourth-order valence-electron chi connectivity index (χ4n) is 2.12. The van der Waals surface area contributed by atoms with Gasteiger partial charge in [-0.15, -0.1) is 0 Å². The van der Waals surface area contributed by atoms with Crippen LogP contribution in [0.25, 0.3) is 0 Å². The molecule has 98 valence electrons. The van der Waals surface area contributed by atoms with Gasteiger partial charge in [0.25, 0.3) is 0 Å². The molecule has 0 saturated carbocycles. The molecule has 1 saturated heterocycles. The first kappa shape index (κ1) is 12.9. The molecular weight excluding hydrogens is 228 g/mol. The predicted molar refractivity (Wildman–Crippen MR) is 71.7 cm³/mol.